The maximum atomic E-state index is 12.3. The van der Waals surface area contributed by atoms with Gasteiger partial charge in [-0.25, -0.2) is 0 Å². The maximum Gasteiger partial charge on any atom is 0.223 e. The molecule has 2 bridgehead atoms. The van der Waals surface area contributed by atoms with Crippen LogP contribution in [-0.2, 0) is 17.6 Å². The number of ketones is 1. The molecule has 4 rings (SSSR count). The summed E-state index contributed by atoms with van der Waals surface area (Å²) in [6.45, 7) is 0. The van der Waals surface area contributed by atoms with E-state index in [1.807, 2.05) is 36.4 Å². The molecule has 2 unspecified atom stereocenters. The van der Waals surface area contributed by atoms with Crippen molar-refractivity contribution in [2.24, 2.45) is 17.1 Å². The van der Waals surface area contributed by atoms with Gasteiger partial charge < -0.3 is 5.73 Å². The first kappa shape index (κ1) is 16.8. The molecule has 2 aliphatic rings. The molecule has 1 saturated carbocycles. The minimum Gasteiger partial charge on any atom is -0.369 e. The van der Waals surface area contributed by atoms with Gasteiger partial charge in [0.15, 0.2) is 5.78 Å². The minimum atomic E-state index is -0.377. The van der Waals surface area contributed by atoms with Gasteiger partial charge in [0.2, 0.25) is 5.91 Å². The van der Waals surface area contributed by atoms with E-state index in [1.165, 1.54) is 11.1 Å². The number of benzene rings is 2. The minimum absolute atomic E-state index is 0.00629. The van der Waals surface area contributed by atoms with Gasteiger partial charge >= 0.3 is 0 Å². The standard InChI is InChI=1S/C23H23NO2/c24-22(26)23-11-10-17(14-23)13-19-8-6-16(12-20(19)15-23)7-9-21(25)18-4-2-1-3-5-18/h1-9,12,17H,10-11,13-15H2,(H2,24,26). The molecular weight excluding hydrogens is 322 g/mol. The molecule has 2 atom stereocenters. The molecular formula is C23H23NO2. The summed E-state index contributed by atoms with van der Waals surface area (Å²) in [5, 5.41) is 0. The Kier molecular flexibility index (Phi) is 4.23. The summed E-state index contributed by atoms with van der Waals surface area (Å²) in [4.78, 5) is 24.4. The van der Waals surface area contributed by atoms with Crippen molar-refractivity contribution in [3.05, 3.63) is 76.9 Å². The Labute approximate surface area is 153 Å². The lowest BCUT2D eigenvalue weighted by atomic mass is 9.79. The molecule has 0 spiro atoms. The second-order valence-electron chi connectivity index (χ2n) is 7.73. The number of primary amides is 1. The van der Waals surface area contributed by atoms with Crippen molar-refractivity contribution in [1.29, 1.82) is 0 Å². The van der Waals surface area contributed by atoms with Gasteiger partial charge in [-0.05, 0) is 60.8 Å². The number of rotatable bonds is 4. The molecule has 26 heavy (non-hydrogen) atoms. The van der Waals surface area contributed by atoms with E-state index in [-0.39, 0.29) is 17.1 Å². The van der Waals surface area contributed by atoms with Crippen LogP contribution in [-0.4, -0.2) is 11.7 Å². The van der Waals surface area contributed by atoms with E-state index in [0.717, 1.165) is 37.7 Å². The average molecular weight is 345 g/mol. The quantitative estimate of drug-likeness (QED) is 0.674. The van der Waals surface area contributed by atoms with Crippen molar-refractivity contribution in [2.45, 2.75) is 32.1 Å². The predicted octanol–water partition coefficient (Wildman–Crippen LogP) is 3.95. The van der Waals surface area contributed by atoms with E-state index in [4.69, 9.17) is 5.73 Å². The zero-order valence-corrected chi connectivity index (χ0v) is 14.8. The van der Waals surface area contributed by atoms with E-state index in [2.05, 4.69) is 18.2 Å². The van der Waals surface area contributed by atoms with Crippen LogP contribution in [0.5, 0.6) is 0 Å². The number of allylic oxidation sites excluding steroid dienone is 1. The summed E-state index contributed by atoms with van der Waals surface area (Å²) in [5.41, 5.74) is 9.60. The highest BCUT2D eigenvalue weighted by Crippen LogP contribution is 2.48. The first-order valence-corrected chi connectivity index (χ1v) is 9.25. The normalized spacial score (nSPS) is 24.2. The molecule has 0 aromatic heterocycles. The van der Waals surface area contributed by atoms with Gasteiger partial charge in [-0.1, -0.05) is 54.6 Å². The Bertz CT molecular complexity index is 884. The van der Waals surface area contributed by atoms with Crippen molar-refractivity contribution in [1.82, 2.24) is 0 Å². The monoisotopic (exact) mass is 345 g/mol. The second kappa shape index (κ2) is 6.56. The first-order chi connectivity index (χ1) is 12.6. The fourth-order valence-electron chi connectivity index (χ4n) is 4.54. The van der Waals surface area contributed by atoms with Gasteiger partial charge in [-0.3, -0.25) is 9.59 Å². The molecule has 0 heterocycles. The number of hydrogen-bond donors (Lipinski definition) is 1. The third-order valence-electron chi connectivity index (χ3n) is 5.99. The third-order valence-corrected chi connectivity index (χ3v) is 5.99. The average Bonchev–Trinajstić information content (AvgIpc) is 2.97. The van der Waals surface area contributed by atoms with Crippen LogP contribution >= 0.6 is 0 Å². The molecule has 2 aromatic carbocycles. The Morgan fingerprint density at radius 2 is 1.88 bits per heavy atom. The molecule has 0 aliphatic heterocycles. The van der Waals surface area contributed by atoms with Gasteiger partial charge in [-0.15, -0.1) is 0 Å². The van der Waals surface area contributed by atoms with Crippen LogP contribution in [0.4, 0.5) is 0 Å². The third kappa shape index (κ3) is 3.10. The molecule has 2 aromatic rings. The first-order valence-electron chi connectivity index (χ1n) is 9.25. The van der Waals surface area contributed by atoms with E-state index in [1.54, 1.807) is 6.08 Å². The van der Waals surface area contributed by atoms with Gasteiger partial charge in [0.25, 0.3) is 0 Å². The Balaban J connectivity index is 1.60. The lowest BCUT2D eigenvalue weighted by Gasteiger charge is -2.25. The molecule has 0 saturated heterocycles. The Morgan fingerprint density at radius 1 is 1.08 bits per heavy atom. The summed E-state index contributed by atoms with van der Waals surface area (Å²) in [5.74, 6) is 0.394. The lowest BCUT2D eigenvalue weighted by molar-refractivity contribution is -0.127. The molecule has 3 nitrogen and oxygen atoms in total. The fraction of sp³-hybridized carbons (Fsp3) is 0.304. The maximum absolute atomic E-state index is 12.3. The van der Waals surface area contributed by atoms with Crippen LogP contribution < -0.4 is 5.73 Å². The van der Waals surface area contributed by atoms with Crippen molar-refractivity contribution in [3.63, 3.8) is 0 Å². The SMILES string of the molecule is NC(=O)C12CCC(Cc3ccc(C=CC(=O)c4ccccc4)cc3C1)C2. The van der Waals surface area contributed by atoms with E-state index in [9.17, 15) is 9.59 Å². The smallest absolute Gasteiger partial charge is 0.223 e. The van der Waals surface area contributed by atoms with Crippen LogP contribution in [0.3, 0.4) is 0 Å². The molecule has 1 fully saturated rings. The van der Waals surface area contributed by atoms with E-state index >= 15 is 0 Å². The summed E-state index contributed by atoms with van der Waals surface area (Å²) < 4.78 is 0. The number of nitrogens with two attached hydrogens (primary N) is 1. The molecule has 1 amide bonds. The van der Waals surface area contributed by atoms with Crippen molar-refractivity contribution >= 4 is 17.8 Å². The van der Waals surface area contributed by atoms with E-state index in [0.29, 0.717) is 11.5 Å². The number of amides is 1. The van der Waals surface area contributed by atoms with Crippen molar-refractivity contribution < 1.29 is 9.59 Å². The Hall–Kier alpha value is -2.68. The summed E-state index contributed by atoms with van der Waals surface area (Å²) in [6.07, 6.45) is 8.13. The molecule has 2 N–H and O–H groups in total. The summed E-state index contributed by atoms with van der Waals surface area (Å²) in [7, 11) is 0. The highest BCUT2D eigenvalue weighted by atomic mass is 16.1. The predicted molar refractivity (Wildman–Crippen MR) is 103 cm³/mol. The molecule has 132 valence electrons. The van der Waals surface area contributed by atoms with Crippen LogP contribution in [0.2, 0.25) is 0 Å². The number of carbonyl (C=O) groups is 2. The fourth-order valence-corrected chi connectivity index (χ4v) is 4.54. The van der Waals surface area contributed by atoms with Gasteiger partial charge in [0, 0.05) is 5.56 Å². The largest absolute Gasteiger partial charge is 0.369 e. The van der Waals surface area contributed by atoms with Crippen LogP contribution in [0.1, 0.15) is 46.3 Å². The summed E-state index contributed by atoms with van der Waals surface area (Å²) in [6, 6.07) is 15.6. The van der Waals surface area contributed by atoms with Gasteiger partial charge in [0.1, 0.15) is 0 Å². The zero-order valence-electron chi connectivity index (χ0n) is 14.8. The molecule has 0 radical (unpaired) electrons. The summed E-state index contributed by atoms with van der Waals surface area (Å²) >= 11 is 0. The Morgan fingerprint density at radius 3 is 2.65 bits per heavy atom. The molecule has 2 aliphatic carbocycles. The van der Waals surface area contributed by atoms with E-state index < -0.39 is 0 Å². The van der Waals surface area contributed by atoms with Crippen LogP contribution in [0.15, 0.2) is 54.6 Å². The zero-order chi connectivity index (χ0) is 18.1. The van der Waals surface area contributed by atoms with Gasteiger partial charge in [0.05, 0.1) is 5.41 Å². The topological polar surface area (TPSA) is 60.2 Å². The molecule has 3 heteroatoms. The van der Waals surface area contributed by atoms with Crippen molar-refractivity contribution in [3.8, 4) is 0 Å². The van der Waals surface area contributed by atoms with Gasteiger partial charge in [-0.2, -0.15) is 0 Å². The van der Waals surface area contributed by atoms with Crippen LogP contribution in [0, 0.1) is 11.3 Å². The highest BCUT2D eigenvalue weighted by molar-refractivity contribution is 6.06. The lowest BCUT2D eigenvalue weighted by Crippen LogP contribution is -2.36. The number of fused-ring (bicyclic) bond motifs is 3. The number of hydrogen-bond acceptors (Lipinski definition) is 2. The number of carbonyl (C=O) groups excluding carboxylic acids is 2. The highest BCUT2D eigenvalue weighted by Gasteiger charge is 2.46. The second-order valence-corrected chi connectivity index (χ2v) is 7.73. The van der Waals surface area contributed by atoms with Crippen LogP contribution in [0.25, 0.3) is 6.08 Å². The van der Waals surface area contributed by atoms with Crippen molar-refractivity contribution in [2.75, 3.05) is 0 Å².